The Balaban J connectivity index is 3.28. The molecule has 11 heavy (non-hydrogen) atoms. The summed E-state index contributed by atoms with van der Waals surface area (Å²) in [4.78, 5) is 3.79. The molecule has 0 fully saturated rings. The Hall–Kier alpha value is -0.840. The molecule has 0 aliphatic heterocycles. The fourth-order valence-corrected chi connectivity index (χ4v) is 0.678. The van der Waals surface area contributed by atoms with Crippen molar-refractivity contribution in [1.29, 1.82) is 0 Å². The molecular formula is C6H13N3OS. The molecule has 0 amide bonds. The number of hydrogen-bond donors (Lipinski definition) is 2. The van der Waals surface area contributed by atoms with Gasteiger partial charge < -0.3 is 16.2 Å². The SMILES string of the molecule is COC(=S)CCCN=C(N)N. The first kappa shape index (κ1) is 10.2. The van der Waals surface area contributed by atoms with Crippen LogP contribution in [0.2, 0.25) is 0 Å². The van der Waals surface area contributed by atoms with Gasteiger partial charge in [-0.3, -0.25) is 4.99 Å². The van der Waals surface area contributed by atoms with E-state index in [0.717, 1.165) is 12.8 Å². The van der Waals surface area contributed by atoms with Crippen molar-refractivity contribution in [3.63, 3.8) is 0 Å². The van der Waals surface area contributed by atoms with Gasteiger partial charge in [0.25, 0.3) is 0 Å². The van der Waals surface area contributed by atoms with Gasteiger partial charge in [0.15, 0.2) is 11.0 Å². The van der Waals surface area contributed by atoms with Crippen LogP contribution in [0.15, 0.2) is 4.99 Å². The molecule has 0 aromatic rings. The monoisotopic (exact) mass is 175 g/mol. The maximum absolute atomic E-state index is 5.11. The van der Waals surface area contributed by atoms with E-state index in [-0.39, 0.29) is 5.96 Å². The predicted octanol–water partition coefficient (Wildman–Crippen LogP) is 0.0138. The highest BCUT2D eigenvalue weighted by atomic mass is 32.1. The quantitative estimate of drug-likeness (QED) is 0.273. The van der Waals surface area contributed by atoms with E-state index in [1.165, 1.54) is 0 Å². The fraction of sp³-hybridized carbons (Fsp3) is 0.667. The van der Waals surface area contributed by atoms with Crippen LogP contribution in [0.3, 0.4) is 0 Å². The zero-order valence-corrected chi connectivity index (χ0v) is 7.36. The highest BCUT2D eigenvalue weighted by Crippen LogP contribution is 1.93. The summed E-state index contributed by atoms with van der Waals surface area (Å²) in [6.45, 7) is 0.603. The zero-order chi connectivity index (χ0) is 8.69. The topological polar surface area (TPSA) is 73.6 Å². The summed E-state index contributed by atoms with van der Waals surface area (Å²) >= 11 is 4.80. The molecule has 0 aliphatic carbocycles. The van der Waals surface area contributed by atoms with Gasteiger partial charge >= 0.3 is 0 Å². The summed E-state index contributed by atoms with van der Waals surface area (Å²) in [6, 6.07) is 0. The maximum atomic E-state index is 5.11. The van der Waals surface area contributed by atoms with Crippen molar-refractivity contribution in [1.82, 2.24) is 0 Å². The van der Waals surface area contributed by atoms with Gasteiger partial charge in [-0.2, -0.15) is 0 Å². The van der Waals surface area contributed by atoms with Crippen LogP contribution in [0.4, 0.5) is 0 Å². The molecule has 0 aromatic carbocycles. The number of nitrogens with zero attached hydrogens (tertiary/aromatic N) is 1. The molecule has 0 radical (unpaired) electrons. The van der Waals surface area contributed by atoms with Gasteiger partial charge in [0.2, 0.25) is 0 Å². The third kappa shape index (κ3) is 7.05. The number of rotatable bonds is 4. The first-order valence-electron chi connectivity index (χ1n) is 3.29. The van der Waals surface area contributed by atoms with Crippen LogP contribution < -0.4 is 11.5 Å². The standard InChI is InChI=1S/C6H13N3OS/c1-10-5(11)3-2-4-9-6(7)8/h2-4H2,1H3,(H4,7,8,9). The number of aliphatic imine (C=N–C) groups is 1. The molecule has 0 bridgehead atoms. The van der Waals surface area contributed by atoms with Crippen molar-refractivity contribution >= 4 is 23.2 Å². The van der Waals surface area contributed by atoms with E-state index in [9.17, 15) is 0 Å². The fourth-order valence-electron chi connectivity index (χ4n) is 0.534. The van der Waals surface area contributed by atoms with Crippen molar-refractivity contribution in [2.75, 3.05) is 13.7 Å². The van der Waals surface area contributed by atoms with E-state index in [0.29, 0.717) is 11.6 Å². The minimum absolute atomic E-state index is 0.119. The minimum atomic E-state index is 0.119. The molecule has 64 valence electrons. The second-order valence-electron chi connectivity index (χ2n) is 1.99. The van der Waals surface area contributed by atoms with E-state index >= 15 is 0 Å². The average Bonchev–Trinajstić information content (AvgIpc) is 1.97. The van der Waals surface area contributed by atoms with Crippen LogP contribution in [0, 0.1) is 0 Å². The number of ether oxygens (including phenoxy) is 1. The van der Waals surface area contributed by atoms with E-state index in [1.54, 1.807) is 7.11 Å². The van der Waals surface area contributed by atoms with Crippen LogP contribution in [0.25, 0.3) is 0 Å². The maximum Gasteiger partial charge on any atom is 0.185 e. The number of thiocarbonyl (C=S) groups is 1. The van der Waals surface area contributed by atoms with Crippen molar-refractivity contribution in [2.45, 2.75) is 12.8 Å². The highest BCUT2D eigenvalue weighted by Gasteiger charge is 1.93. The molecule has 0 heterocycles. The second kappa shape index (κ2) is 5.91. The Labute approximate surface area is 71.6 Å². The van der Waals surface area contributed by atoms with Crippen LogP contribution in [0.5, 0.6) is 0 Å². The molecule has 0 saturated carbocycles. The van der Waals surface area contributed by atoms with Gasteiger partial charge in [-0.15, -0.1) is 0 Å². The van der Waals surface area contributed by atoms with Gasteiger partial charge in [-0.1, -0.05) is 0 Å². The molecule has 0 rings (SSSR count). The second-order valence-corrected chi connectivity index (χ2v) is 2.44. The Morgan fingerprint density at radius 2 is 2.18 bits per heavy atom. The van der Waals surface area contributed by atoms with Crippen LogP contribution in [0.1, 0.15) is 12.8 Å². The van der Waals surface area contributed by atoms with E-state index in [4.69, 9.17) is 28.4 Å². The Morgan fingerprint density at radius 1 is 1.55 bits per heavy atom. The molecule has 0 spiro atoms. The molecule has 0 saturated heterocycles. The third-order valence-electron chi connectivity index (χ3n) is 1.06. The van der Waals surface area contributed by atoms with Gasteiger partial charge in [-0.05, 0) is 18.6 Å². The molecule has 0 aliphatic rings. The molecule has 0 unspecified atom stereocenters. The van der Waals surface area contributed by atoms with Gasteiger partial charge in [0.05, 0.1) is 7.11 Å². The lowest BCUT2D eigenvalue weighted by Crippen LogP contribution is -2.23. The van der Waals surface area contributed by atoms with Crippen molar-refractivity contribution in [3.8, 4) is 0 Å². The van der Waals surface area contributed by atoms with Gasteiger partial charge in [0, 0.05) is 13.0 Å². The molecule has 0 aromatic heterocycles. The average molecular weight is 175 g/mol. The van der Waals surface area contributed by atoms with Gasteiger partial charge in [0.1, 0.15) is 0 Å². The lowest BCUT2D eigenvalue weighted by atomic mass is 10.3. The lowest BCUT2D eigenvalue weighted by molar-refractivity contribution is 0.401. The van der Waals surface area contributed by atoms with Crippen LogP contribution in [-0.2, 0) is 4.74 Å². The Bertz CT molecular complexity index is 154. The molecule has 0 atom stereocenters. The summed E-state index contributed by atoms with van der Waals surface area (Å²) in [5.41, 5.74) is 10.2. The summed E-state index contributed by atoms with van der Waals surface area (Å²) in [5.74, 6) is 0.119. The number of nitrogens with two attached hydrogens (primary N) is 2. The Kier molecular flexibility index (Phi) is 5.46. The highest BCUT2D eigenvalue weighted by molar-refractivity contribution is 7.80. The summed E-state index contributed by atoms with van der Waals surface area (Å²) < 4.78 is 4.78. The van der Waals surface area contributed by atoms with Crippen molar-refractivity contribution < 1.29 is 4.74 Å². The smallest absolute Gasteiger partial charge is 0.185 e. The number of guanidine groups is 1. The first-order chi connectivity index (χ1) is 5.16. The first-order valence-corrected chi connectivity index (χ1v) is 3.70. The van der Waals surface area contributed by atoms with Crippen molar-refractivity contribution in [2.24, 2.45) is 16.5 Å². The van der Waals surface area contributed by atoms with Crippen molar-refractivity contribution in [3.05, 3.63) is 0 Å². The van der Waals surface area contributed by atoms with E-state index in [2.05, 4.69) is 4.99 Å². The third-order valence-corrected chi connectivity index (χ3v) is 1.43. The molecular weight excluding hydrogens is 162 g/mol. The number of methoxy groups -OCH3 is 1. The van der Waals surface area contributed by atoms with Crippen LogP contribution in [-0.4, -0.2) is 24.7 Å². The predicted molar refractivity (Wildman–Crippen MR) is 49.5 cm³/mol. The van der Waals surface area contributed by atoms with E-state index < -0.39 is 0 Å². The van der Waals surface area contributed by atoms with Crippen LogP contribution >= 0.6 is 12.2 Å². The summed E-state index contributed by atoms with van der Waals surface area (Å²) in [7, 11) is 1.56. The van der Waals surface area contributed by atoms with E-state index in [1.807, 2.05) is 0 Å². The zero-order valence-electron chi connectivity index (χ0n) is 6.54. The molecule has 4 N–H and O–H groups in total. The lowest BCUT2D eigenvalue weighted by Gasteiger charge is -1.99. The largest absolute Gasteiger partial charge is 0.490 e. The normalized spacial score (nSPS) is 8.82. The summed E-state index contributed by atoms with van der Waals surface area (Å²) in [5, 5.41) is 0.593. The molecule has 5 heteroatoms. The van der Waals surface area contributed by atoms with Gasteiger partial charge in [-0.25, -0.2) is 0 Å². The minimum Gasteiger partial charge on any atom is -0.490 e. The Morgan fingerprint density at radius 3 is 2.64 bits per heavy atom. The molecule has 4 nitrogen and oxygen atoms in total. The summed E-state index contributed by atoms with van der Waals surface area (Å²) in [6.07, 6.45) is 1.55. The number of hydrogen-bond acceptors (Lipinski definition) is 3.